The van der Waals surface area contributed by atoms with Crippen molar-refractivity contribution in [1.82, 2.24) is 4.90 Å². The van der Waals surface area contributed by atoms with Crippen LogP contribution in [0.1, 0.15) is 60.4 Å². The van der Waals surface area contributed by atoms with Crippen LogP contribution in [-0.4, -0.2) is 35.2 Å². The molecule has 37 heavy (non-hydrogen) atoms. The summed E-state index contributed by atoms with van der Waals surface area (Å²) in [5, 5.41) is 0. The van der Waals surface area contributed by atoms with Crippen LogP contribution >= 0.6 is 0 Å². The second-order valence-electron chi connectivity index (χ2n) is 9.05. The third kappa shape index (κ3) is 5.01. The van der Waals surface area contributed by atoms with Gasteiger partial charge in [0.25, 0.3) is 5.91 Å². The third-order valence-corrected chi connectivity index (χ3v) is 6.66. The van der Waals surface area contributed by atoms with Crippen molar-refractivity contribution in [1.29, 1.82) is 0 Å². The molecule has 0 aromatic heterocycles. The zero-order chi connectivity index (χ0) is 27.2. The molecular weight excluding hydrogens is 504 g/mol. The van der Waals surface area contributed by atoms with E-state index in [0.717, 1.165) is 11.3 Å². The average molecular weight is 527 g/mol. The van der Waals surface area contributed by atoms with Crippen LogP contribution in [-0.2, 0) is 21.9 Å². The number of hydrogen-bond acceptors (Lipinski definition) is 4. The fraction of sp³-hybridized carbons (Fsp3) is 0.400. The van der Waals surface area contributed by atoms with Crippen LogP contribution in [0.3, 0.4) is 0 Å². The standard InChI is InChI=1S/C25H23F6N3O3/c1-37-18-7-5-14(6-8-18)19-22(36)34(23(33-19)9-3-2-4-10-23)20(21(32)35)15-11-16(24(26,27)28)13-17(12-15)25(29,30)31/h5-8,11-13,20H,2-4,9-10H2,1H3,(H2,32,35). The molecule has 1 unspecified atom stereocenters. The van der Waals surface area contributed by atoms with Gasteiger partial charge in [-0.25, -0.2) is 0 Å². The Morgan fingerprint density at radius 3 is 1.97 bits per heavy atom. The number of carbonyl (C=O) groups excluding carboxylic acids is 2. The smallest absolute Gasteiger partial charge is 0.416 e. The van der Waals surface area contributed by atoms with Crippen LogP contribution in [0.5, 0.6) is 5.75 Å². The first kappa shape index (κ1) is 26.5. The van der Waals surface area contributed by atoms with Crippen molar-refractivity contribution in [2.45, 2.75) is 56.2 Å². The van der Waals surface area contributed by atoms with Gasteiger partial charge in [-0.2, -0.15) is 26.3 Å². The monoisotopic (exact) mass is 527 g/mol. The van der Waals surface area contributed by atoms with Gasteiger partial charge < -0.3 is 10.5 Å². The van der Waals surface area contributed by atoms with Crippen molar-refractivity contribution in [2.24, 2.45) is 10.7 Å². The number of nitrogens with two attached hydrogens (primary N) is 1. The van der Waals surface area contributed by atoms with Crippen LogP contribution in [0.4, 0.5) is 26.3 Å². The van der Waals surface area contributed by atoms with Gasteiger partial charge in [-0.3, -0.25) is 19.5 Å². The van der Waals surface area contributed by atoms with Crippen LogP contribution in [0.2, 0.25) is 0 Å². The summed E-state index contributed by atoms with van der Waals surface area (Å²) in [5.74, 6) is -1.57. The number of primary amides is 1. The fourth-order valence-corrected chi connectivity index (χ4v) is 4.96. The minimum atomic E-state index is -5.14. The maximum Gasteiger partial charge on any atom is 0.416 e. The Kier molecular flexibility index (Phi) is 6.72. The van der Waals surface area contributed by atoms with E-state index in [-0.39, 0.29) is 24.6 Å². The normalized spacial score (nSPS) is 18.6. The fourth-order valence-electron chi connectivity index (χ4n) is 4.96. The summed E-state index contributed by atoms with van der Waals surface area (Å²) in [6, 6.07) is 5.18. The van der Waals surface area contributed by atoms with E-state index in [0.29, 0.717) is 36.3 Å². The number of methoxy groups -OCH3 is 1. The minimum Gasteiger partial charge on any atom is -0.497 e. The average Bonchev–Trinajstić information content (AvgIpc) is 3.10. The molecule has 1 aliphatic heterocycles. The SMILES string of the molecule is COc1ccc(C2=NC3(CCCCC3)N(C(C(N)=O)c3cc(C(F)(F)F)cc(C(F)(F)F)c3)C2=O)cc1. The summed E-state index contributed by atoms with van der Waals surface area (Å²) < 4.78 is 86.4. The summed E-state index contributed by atoms with van der Waals surface area (Å²) >= 11 is 0. The first-order valence-corrected chi connectivity index (χ1v) is 11.4. The highest BCUT2D eigenvalue weighted by atomic mass is 19.4. The number of alkyl halides is 6. The highest BCUT2D eigenvalue weighted by Gasteiger charge is 2.53. The highest BCUT2D eigenvalue weighted by Crippen LogP contribution is 2.46. The Morgan fingerprint density at radius 2 is 1.51 bits per heavy atom. The molecule has 0 radical (unpaired) electrons. The third-order valence-electron chi connectivity index (χ3n) is 6.66. The molecule has 2 aliphatic rings. The minimum absolute atomic E-state index is 0.0387. The van der Waals surface area contributed by atoms with Gasteiger partial charge in [-0.05, 0) is 73.7 Å². The van der Waals surface area contributed by atoms with Gasteiger partial charge in [0.1, 0.15) is 23.2 Å². The summed E-state index contributed by atoms with van der Waals surface area (Å²) in [6.45, 7) is 0. The lowest BCUT2D eigenvalue weighted by molar-refractivity contribution is -0.144. The van der Waals surface area contributed by atoms with Crippen molar-refractivity contribution in [2.75, 3.05) is 7.11 Å². The first-order valence-electron chi connectivity index (χ1n) is 11.4. The second kappa shape index (κ2) is 9.38. The van der Waals surface area contributed by atoms with Crippen LogP contribution in [0.15, 0.2) is 47.5 Å². The molecule has 6 nitrogen and oxygen atoms in total. The maximum atomic E-state index is 13.7. The largest absolute Gasteiger partial charge is 0.497 e. The molecule has 0 saturated heterocycles. The Morgan fingerprint density at radius 1 is 0.973 bits per heavy atom. The van der Waals surface area contributed by atoms with Crippen molar-refractivity contribution in [3.05, 3.63) is 64.7 Å². The van der Waals surface area contributed by atoms with Crippen LogP contribution < -0.4 is 10.5 Å². The summed E-state index contributed by atoms with van der Waals surface area (Å²) in [6.07, 6.45) is -7.77. The lowest BCUT2D eigenvalue weighted by atomic mass is 9.86. The number of aliphatic imine (C=N–C) groups is 1. The zero-order valence-electron chi connectivity index (χ0n) is 19.6. The summed E-state index contributed by atoms with van der Waals surface area (Å²) in [7, 11) is 1.45. The lowest BCUT2D eigenvalue weighted by Gasteiger charge is -2.42. The number of ether oxygens (including phenoxy) is 1. The van der Waals surface area contributed by atoms with Crippen molar-refractivity contribution >= 4 is 17.5 Å². The molecule has 2 aromatic rings. The van der Waals surface area contributed by atoms with Gasteiger partial charge in [-0.1, -0.05) is 6.42 Å². The predicted molar refractivity (Wildman–Crippen MR) is 121 cm³/mol. The molecule has 2 aromatic carbocycles. The molecule has 198 valence electrons. The van der Waals surface area contributed by atoms with E-state index in [2.05, 4.69) is 4.99 Å². The van der Waals surface area contributed by atoms with E-state index in [9.17, 15) is 35.9 Å². The van der Waals surface area contributed by atoms with E-state index in [4.69, 9.17) is 10.5 Å². The molecular formula is C25H23F6N3O3. The van der Waals surface area contributed by atoms with Gasteiger partial charge in [0.2, 0.25) is 5.91 Å². The Labute approximate surface area is 208 Å². The van der Waals surface area contributed by atoms with E-state index < -0.39 is 52.6 Å². The Balaban J connectivity index is 1.88. The van der Waals surface area contributed by atoms with Gasteiger partial charge >= 0.3 is 12.4 Å². The van der Waals surface area contributed by atoms with E-state index in [1.807, 2.05) is 0 Å². The molecule has 0 bridgehead atoms. The van der Waals surface area contributed by atoms with Crippen molar-refractivity contribution < 1.29 is 40.7 Å². The first-order chi connectivity index (χ1) is 17.3. The number of hydrogen-bond donors (Lipinski definition) is 1. The molecule has 2 amide bonds. The van der Waals surface area contributed by atoms with E-state index in [1.54, 1.807) is 24.3 Å². The summed E-state index contributed by atoms with van der Waals surface area (Å²) in [4.78, 5) is 32.0. The van der Waals surface area contributed by atoms with Gasteiger partial charge in [0.15, 0.2) is 0 Å². The van der Waals surface area contributed by atoms with Crippen LogP contribution in [0, 0.1) is 0 Å². The molecule has 4 rings (SSSR count). The van der Waals surface area contributed by atoms with Gasteiger partial charge in [0, 0.05) is 5.56 Å². The molecule has 1 spiro atoms. The second-order valence-corrected chi connectivity index (χ2v) is 9.05. The molecule has 1 saturated carbocycles. The van der Waals surface area contributed by atoms with Gasteiger partial charge in [-0.15, -0.1) is 0 Å². The Hall–Kier alpha value is -3.57. The Bertz CT molecular complexity index is 1200. The van der Waals surface area contributed by atoms with Crippen molar-refractivity contribution in [3.63, 3.8) is 0 Å². The van der Waals surface area contributed by atoms with Gasteiger partial charge in [0.05, 0.1) is 18.2 Å². The number of halogens is 6. The van der Waals surface area contributed by atoms with E-state index >= 15 is 0 Å². The predicted octanol–water partition coefficient (Wildman–Crippen LogP) is 5.25. The van der Waals surface area contributed by atoms with Crippen LogP contribution in [0.25, 0.3) is 0 Å². The van der Waals surface area contributed by atoms with E-state index in [1.165, 1.54) is 7.11 Å². The number of benzene rings is 2. The molecule has 1 aliphatic carbocycles. The maximum absolute atomic E-state index is 13.7. The molecule has 2 N–H and O–H groups in total. The molecule has 1 atom stereocenters. The zero-order valence-corrected chi connectivity index (χ0v) is 19.6. The molecule has 1 heterocycles. The number of carbonyl (C=O) groups is 2. The number of nitrogens with zero attached hydrogens (tertiary/aromatic N) is 2. The lowest BCUT2D eigenvalue weighted by Crippen LogP contribution is -2.53. The quantitative estimate of drug-likeness (QED) is 0.539. The van der Waals surface area contributed by atoms with Crippen molar-refractivity contribution in [3.8, 4) is 5.75 Å². The highest BCUT2D eigenvalue weighted by molar-refractivity contribution is 6.47. The summed E-state index contributed by atoms with van der Waals surface area (Å²) in [5.41, 5.74) is 0.652. The number of rotatable bonds is 5. The molecule has 1 fully saturated rings. The number of amides is 2. The topological polar surface area (TPSA) is 85.0 Å². The molecule has 12 heteroatoms.